The van der Waals surface area contributed by atoms with Crippen molar-refractivity contribution >= 4 is 11.8 Å². The largest absolute Gasteiger partial charge is 0.347 e. The van der Waals surface area contributed by atoms with Gasteiger partial charge in [-0.1, -0.05) is 35.5 Å². The van der Waals surface area contributed by atoms with Gasteiger partial charge in [0.25, 0.3) is 0 Å². The molecular formula is C20H26N6O3. The van der Waals surface area contributed by atoms with Gasteiger partial charge in [0.2, 0.25) is 17.7 Å². The van der Waals surface area contributed by atoms with E-state index in [2.05, 4.69) is 38.4 Å². The van der Waals surface area contributed by atoms with Crippen LogP contribution in [0.1, 0.15) is 42.6 Å². The molecule has 4 rings (SSSR count). The van der Waals surface area contributed by atoms with Gasteiger partial charge < -0.3 is 14.7 Å². The molecule has 2 aromatic rings. The minimum absolute atomic E-state index is 0.0299. The maximum absolute atomic E-state index is 12.9. The van der Waals surface area contributed by atoms with Gasteiger partial charge in [-0.3, -0.25) is 9.59 Å². The van der Waals surface area contributed by atoms with Crippen molar-refractivity contribution in [3.05, 3.63) is 47.6 Å². The Morgan fingerprint density at radius 3 is 2.66 bits per heavy atom. The highest BCUT2D eigenvalue weighted by Gasteiger charge is 2.35. The summed E-state index contributed by atoms with van der Waals surface area (Å²) in [5.41, 5.74) is 7.52. The Balaban J connectivity index is 1.23. The van der Waals surface area contributed by atoms with Crippen molar-refractivity contribution < 1.29 is 14.1 Å². The van der Waals surface area contributed by atoms with Crippen LogP contribution in [0.4, 0.5) is 0 Å². The van der Waals surface area contributed by atoms with Crippen LogP contribution >= 0.6 is 0 Å². The first-order valence-corrected chi connectivity index (χ1v) is 10.0. The highest BCUT2D eigenvalue weighted by molar-refractivity contribution is 5.83. The van der Waals surface area contributed by atoms with Crippen molar-refractivity contribution in [2.24, 2.45) is 5.92 Å². The monoisotopic (exact) mass is 398 g/mol. The molecule has 2 aliphatic heterocycles. The van der Waals surface area contributed by atoms with E-state index in [0.29, 0.717) is 44.1 Å². The fourth-order valence-electron chi connectivity index (χ4n) is 3.92. The Morgan fingerprint density at radius 2 is 1.97 bits per heavy atom. The van der Waals surface area contributed by atoms with Crippen molar-refractivity contribution in [2.75, 3.05) is 13.1 Å². The molecule has 2 atom stereocenters. The predicted molar refractivity (Wildman–Crippen MR) is 104 cm³/mol. The number of amides is 2. The van der Waals surface area contributed by atoms with Crippen molar-refractivity contribution in [3.8, 4) is 0 Å². The van der Waals surface area contributed by atoms with Gasteiger partial charge in [-0.25, -0.2) is 10.9 Å². The molecule has 2 fully saturated rings. The highest BCUT2D eigenvalue weighted by atomic mass is 16.5. The van der Waals surface area contributed by atoms with Crippen LogP contribution in [0.5, 0.6) is 0 Å². The van der Waals surface area contributed by atoms with Gasteiger partial charge in [-0.15, -0.1) is 0 Å². The number of carbonyl (C=O) groups excluding carboxylic acids is 2. The zero-order chi connectivity index (χ0) is 20.2. The van der Waals surface area contributed by atoms with Gasteiger partial charge in [-0.05, 0) is 31.7 Å². The Hall–Kier alpha value is -2.78. The average Bonchev–Trinajstić information content (AvgIpc) is 3.41. The van der Waals surface area contributed by atoms with Crippen LogP contribution in [-0.2, 0) is 16.1 Å². The minimum Gasteiger partial charge on any atom is -0.347 e. The van der Waals surface area contributed by atoms with E-state index in [0.717, 1.165) is 0 Å². The number of nitrogens with zero attached hydrogens (tertiary/aromatic N) is 3. The lowest BCUT2D eigenvalue weighted by Gasteiger charge is -2.32. The summed E-state index contributed by atoms with van der Waals surface area (Å²) in [6.45, 7) is 3.14. The van der Waals surface area contributed by atoms with Crippen LogP contribution in [-0.4, -0.2) is 46.0 Å². The van der Waals surface area contributed by atoms with Gasteiger partial charge in [0.1, 0.15) is 6.04 Å². The number of nitrogens with one attached hydrogen (secondary N) is 3. The number of rotatable bonds is 5. The number of piperidine rings is 1. The van der Waals surface area contributed by atoms with Crippen molar-refractivity contribution in [2.45, 2.75) is 44.8 Å². The molecule has 0 bridgehead atoms. The molecule has 29 heavy (non-hydrogen) atoms. The summed E-state index contributed by atoms with van der Waals surface area (Å²) < 4.78 is 5.01. The standard InChI is InChI=1S/C20H26N6O3/c1-13-22-18(29-25-13)12-21-19(27)15-7-9-26(10-8-15)20(28)17-11-16(23-24-17)14-5-3-2-4-6-14/h2-6,15-17,23-24H,7-12H2,1H3,(H,21,27). The van der Waals surface area contributed by atoms with Gasteiger partial charge >= 0.3 is 0 Å². The van der Waals surface area contributed by atoms with E-state index in [9.17, 15) is 9.59 Å². The van der Waals surface area contributed by atoms with E-state index in [1.807, 2.05) is 23.1 Å². The predicted octanol–water partition coefficient (Wildman–Crippen LogP) is 0.841. The summed E-state index contributed by atoms with van der Waals surface area (Å²) in [6, 6.07) is 9.99. The Morgan fingerprint density at radius 1 is 1.21 bits per heavy atom. The molecule has 2 saturated heterocycles. The summed E-state index contributed by atoms with van der Waals surface area (Å²) in [4.78, 5) is 31.2. The Labute approximate surface area is 169 Å². The first kappa shape index (κ1) is 19.5. The lowest BCUT2D eigenvalue weighted by atomic mass is 9.95. The third kappa shape index (κ3) is 4.63. The smallest absolute Gasteiger partial charge is 0.246 e. The summed E-state index contributed by atoms with van der Waals surface area (Å²) >= 11 is 0. The highest BCUT2D eigenvalue weighted by Crippen LogP contribution is 2.24. The molecule has 3 N–H and O–H groups in total. The van der Waals surface area contributed by atoms with Crippen LogP contribution in [0.2, 0.25) is 0 Å². The zero-order valence-electron chi connectivity index (χ0n) is 16.4. The minimum atomic E-state index is -0.244. The molecule has 2 amide bonds. The van der Waals surface area contributed by atoms with E-state index >= 15 is 0 Å². The van der Waals surface area contributed by atoms with Crippen LogP contribution in [0.15, 0.2) is 34.9 Å². The summed E-state index contributed by atoms with van der Waals surface area (Å²) in [5.74, 6) is 0.908. The van der Waals surface area contributed by atoms with Crippen LogP contribution in [0.25, 0.3) is 0 Å². The number of benzene rings is 1. The van der Waals surface area contributed by atoms with Crippen LogP contribution in [0, 0.1) is 12.8 Å². The third-order valence-electron chi connectivity index (χ3n) is 5.56. The molecular weight excluding hydrogens is 372 g/mol. The van der Waals surface area contributed by atoms with Gasteiger partial charge in [0.15, 0.2) is 5.82 Å². The first-order valence-electron chi connectivity index (χ1n) is 10.0. The quantitative estimate of drug-likeness (QED) is 0.684. The number of aryl methyl sites for hydroxylation is 1. The Kier molecular flexibility index (Phi) is 5.86. The zero-order valence-corrected chi connectivity index (χ0v) is 16.4. The maximum Gasteiger partial charge on any atom is 0.246 e. The summed E-state index contributed by atoms with van der Waals surface area (Å²) in [6.07, 6.45) is 2.03. The summed E-state index contributed by atoms with van der Waals surface area (Å²) in [5, 5.41) is 6.55. The third-order valence-corrected chi connectivity index (χ3v) is 5.56. The molecule has 154 valence electrons. The van der Waals surface area contributed by atoms with E-state index in [4.69, 9.17) is 4.52 Å². The van der Waals surface area contributed by atoms with Gasteiger partial charge in [0, 0.05) is 25.0 Å². The normalized spacial score (nSPS) is 22.6. The van der Waals surface area contributed by atoms with Crippen molar-refractivity contribution in [3.63, 3.8) is 0 Å². The molecule has 1 aromatic carbocycles. The number of hydrazine groups is 1. The Bertz CT molecular complexity index is 847. The molecule has 0 aliphatic carbocycles. The fraction of sp³-hybridized carbons (Fsp3) is 0.500. The van der Waals surface area contributed by atoms with Crippen LogP contribution in [0.3, 0.4) is 0 Å². The van der Waals surface area contributed by atoms with Gasteiger partial charge in [-0.2, -0.15) is 4.98 Å². The number of carbonyl (C=O) groups is 2. The fourth-order valence-corrected chi connectivity index (χ4v) is 3.92. The molecule has 0 radical (unpaired) electrons. The maximum atomic E-state index is 12.9. The SMILES string of the molecule is Cc1noc(CNC(=O)C2CCN(C(=O)C3CC(c4ccccc4)NN3)CC2)n1. The van der Waals surface area contributed by atoms with Crippen molar-refractivity contribution in [1.82, 2.24) is 31.2 Å². The second-order valence-corrected chi connectivity index (χ2v) is 7.59. The molecule has 3 heterocycles. The number of hydrogen-bond donors (Lipinski definition) is 3. The van der Waals surface area contributed by atoms with Crippen LogP contribution < -0.4 is 16.2 Å². The van der Waals surface area contributed by atoms with Crippen molar-refractivity contribution in [1.29, 1.82) is 0 Å². The average molecular weight is 398 g/mol. The molecule has 0 spiro atoms. The lowest BCUT2D eigenvalue weighted by Crippen LogP contribution is -2.49. The van der Waals surface area contributed by atoms with E-state index < -0.39 is 0 Å². The first-order chi connectivity index (χ1) is 14.1. The molecule has 2 aliphatic rings. The molecule has 1 aromatic heterocycles. The topological polar surface area (TPSA) is 112 Å². The number of hydrogen-bond acceptors (Lipinski definition) is 7. The second-order valence-electron chi connectivity index (χ2n) is 7.59. The van der Waals surface area contributed by atoms with E-state index in [-0.39, 0.29) is 36.4 Å². The molecule has 2 unspecified atom stereocenters. The van der Waals surface area contributed by atoms with E-state index in [1.54, 1.807) is 6.92 Å². The summed E-state index contributed by atoms with van der Waals surface area (Å²) in [7, 11) is 0. The number of aromatic nitrogens is 2. The van der Waals surface area contributed by atoms with Gasteiger partial charge in [0.05, 0.1) is 6.54 Å². The molecule has 9 heteroatoms. The molecule has 0 saturated carbocycles. The number of likely N-dealkylation sites (tertiary alicyclic amines) is 1. The second kappa shape index (κ2) is 8.71. The lowest BCUT2D eigenvalue weighted by molar-refractivity contribution is -0.137. The van der Waals surface area contributed by atoms with E-state index in [1.165, 1.54) is 5.56 Å². The molecule has 9 nitrogen and oxygen atoms in total.